The van der Waals surface area contributed by atoms with Crippen LogP contribution in [0.5, 0.6) is 0 Å². The molecule has 130 valence electrons. The second-order valence-electron chi connectivity index (χ2n) is 6.04. The van der Waals surface area contributed by atoms with Crippen molar-refractivity contribution in [2.75, 3.05) is 32.7 Å². The fraction of sp³-hybridized carbons (Fsp3) is 0.529. The largest absolute Gasteiger partial charge is 0.444 e. The summed E-state index contributed by atoms with van der Waals surface area (Å²) in [5.74, 6) is 0.655. The molecule has 24 heavy (non-hydrogen) atoms. The number of β-amino-alcohol motifs (C(OH)–C–C–N with tert-alkyl or cyclic N) is 1. The highest BCUT2D eigenvalue weighted by Gasteiger charge is 2.23. The van der Waals surface area contributed by atoms with Gasteiger partial charge in [-0.25, -0.2) is 4.98 Å². The smallest absolute Gasteiger partial charge is 0.236 e. The minimum Gasteiger partial charge on any atom is -0.444 e. The van der Waals surface area contributed by atoms with Crippen molar-refractivity contribution in [3.63, 3.8) is 0 Å². The zero-order valence-electron chi connectivity index (χ0n) is 13.9. The fourth-order valence-electron chi connectivity index (χ4n) is 2.78. The normalized spacial score (nSPS) is 17.2. The molecule has 1 fully saturated rings. The average Bonchev–Trinajstić information content (AvgIpc) is 3.26. The van der Waals surface area contributed by atoms with Crippen LogP contribution in [0.15, 0.2) is 28.2 Å². The van der Waals surface area contributed by atoms with Crippen LogP contribution in [0.3, 0.4) is 0 Å². The number of piperazine rings is 1. The zero-order valence-corrected chi connectivity index (χ0v) is 14.7. The summed E-state index contributed by atoms with van der Waals surface area (Å²) in [5.41, 5.74) is 0.673. The molecule has 0 radical (unpaired) electrons. The number of aliphatic hydroxyl groups is 1. The summed E-state index contributed by atoms with van der Waals surface area (Å²) in [6.45, 7) is 5.68. The molecule has 0 bridgehead atoms. The quantitative estimate of drug-likeness (QED) is 0.862. The van der Waals surface area contributed by atoms with Gasteiger partial charge in [0.25, 0.3) is 0 Å². The molecule has 3 heterocycles. The van der Waals surface area contributed by atoms with E-state index in [4.69, 9.17) is 4.42 Å². The second kappa shape index (κ2) is 7.92. The molecule has 1 aliphatic heterocycles. The molecule has 0 spiro atoms. The highest BCUT2D eigenvalue weighted by atomic mass is 32.1. The molecule has 2 aromatic heterocycles. The third kappa shape index (κ3) is 4.23. The summed E-state index contributed by atoms with van der Waals surface area (Å²) in [6.07, 6.45) is 2.32. The van der Waals surface area contributed by atoms with E-state index in [1.54, 1.807) is 17.6 Å². The van der Waals surface area contributed by atoms with Gasteiger partial charge in [0.1, 0.15) is 6.26 Å². The number of hydrogen-bond acceptors (Lipinski definition) is 6. The van der Waals surface area contributed by atoms with Crippen LogP contribution in [0.25, 0.3) is 10.8 Å². The van der Waals surface area contributed by atoms with Gasteiger partial charge in [0.2, 0.25) is 11.8 Å². The summed E-state index contributed by atoms with van der Waals surface area (Å²) in [7, 11) is 0. The lowest BCUT2D eigenvalue weighted by atomic mass is 10.2. The van der Waals surface area contributed by atoms with Gasteiger partial charge in [0.05, 0.1) is 23.1 Å². The third-order valence-electron chi connectivity index (χ3n) is 4.28. The lowest BCUT2D eigenvalue weighted by molar-refractivity contribution is -0.132. The maximum Gasteiger partial charge on any atom is 0.236 e. The summed E-state index contributed by atoms with van der Waals surface area (Å²) in [6, 6.07) is 3.90. The first kappa shape index (κ1) is 17.1. The van der Waals surface area contributed by atoms with Gasteiger partial charge >= 0.3 is 0 Å². The lowest BCUT2D eigenvalue weighted by Gasteiger charge is -2.35. The number of nitrogens with zero attached hydrogens (tertiary/aromatic N) is 3. The molecule has 0 saturated carbocycles. The molecule has 0 unspecified atom stereocenters. The Labute approximate surface area is 145 Å². The predicted molar refractivity (Wildman–Crippen MR) is 92.8 cm³/mol. The SMILES string of the molecule is CC[C@H](O)CN1CCN(C(=O)Cc2coc(-c3cccs3)n2)CC1. The minimum absolute atomic E-state index is 0.0803. The molecule has 0 aliphatic carbocycles. The summed E-state index contributed by atoms with van der Waals surface area (Å²) < 4.78 is 5.46. The number of hydrogen-bond donors (Lipinski definition) is 1. The van der Waals surface area contributed by atoms with Crippen LogP contribution < -0.4 is 0 Å². The van der Waals surface area contributed by atoms with Crippen molar-refractivity contribution < 1.29 is 14.3 Å². The molecule has 1 aliphatic rings. The Hall–Kier alpha value is -1.70. The van der Waals surface area contributed by atoms with Crippen molar-refractivity contribution in [3.8, 4) is 10.8 Å². The Balaban J connectivity index is 1.49. The van der Waals surface area contributed by atoms with Gasteiger partial charge in [-0.1, -0.05) is 13.0 Å². The van der Waals surface area contributed by atoms with E-state index in [0.29, 0.717) is 31.2 Å². The molecule has 1 saturated heterocycles. The molecule has 1 amide bonds. The molecular weight excluding hydrogens is 326 g/mol. The van der Waals surface area contributed by atoms with E-state index in [1.165, 1.54) is 0 Å². The zero-order chi connectivity index (χ0) is 16.9. The van der Waals surface area contributed by atoms with E-state index < -0.39 is 0 Å². The van der Waals surface area contributed by atoms with Crippen LogP contribution in [0.2, 0.25) is 0 Å². The van der Waals surface area contributed by atoms with E-state index in [2.05, 4.69) is 9.88 Å². The van der Waals surface area contributed by atoms with Crippen LogP contribution in [-0.4, -0.2) is 64.6 Å². The number of carbonyl (C=O) groups excluding carboxylic acids is 1. The molecule has 7 heteroatoms. The number of rotatable bonds is 6. The Kier molecular flexibility index (Phi) is 5.65. The van der Waals surface area contributed by atoms with Gasteiger partial charge in [-0.05, 0) is 17.9 Å². The number of aromatic nitrogens is 1. The van der Waals surface area contributed by atoms with Gasteiger partial charge in [-0.15, -0.1) is 11.3 Å². The summed E-state index contributed by atoms with van der Waals surface area (Å²) in [5, 5.41) is 11.7. The van der Waals surface area contributed by atoms with Gasteiger partial charge in [0, 0.05) is 32.7 Å². The number of oxazole rings is 1. The first-order valence-corrected chi connectivity index (χ1v) is 9.20. The number of thiophene rings is 1. The topological polar surface area (TPSA) is 69.8 Å². The van der Waals surface area contributed by atoms with Gasteiger partial charge in [-0.3, -0.25) is 9.69 Å². The van der Waals surface area contributed by atoms with E-state index in [1.807, 2.05) is 29.3 Å². The lowest BCUT2D eigenvalue weighted by Crippen LogP contribution is -2.50. The van der Waals surface area contributed by atoms with Crippen molar-refractivity contribution in [3.05, 3.63) is 29.5 Å². The number of amides is 1. The van der Waals surface area contributed by atoms with Gasteiger partial charge in [-0.2, -0.15) is 0 Å². The predicted octanol–water partition coefficient (Wildman–Crippen LogP) is 1.86. The maximum atomic E-state index is 12.4. The number of aliphatic hydroxyl groups excluding tert-OH is 1. The van der Waals surface area contributed by atoms with Crippen molar-refractivity contribution >= 4 is 17.2 Å². The van der Waals surface area contributed by atoms with E-state index >= 15 is 0 Å². The summed E-state index contributed by atoms with van der Waals surface area (Å²) in [4.78, 5) is 21.9. The van der Waals surface area contributed by atoms with E-state index in [-0.39, 0.29) is 18.4 Å². The molecule has 2 aromatic rings. The van der Waals surface area contributed by atoms with Gasteiger partial charge < -0.3 is 14.4 Å². The standard InChI is InChI=1S/C17H23N3O3S/c1-2-14(21)11-19-5-7-20(8-6-19)16(22)10-13-12-23-17(18-13)15-4-3-9-24-15/h3-4,9,12,14,21H,2,5-8,10-11H2,1H3/t14-/m0/s1. The van der Waals surface area contributed by atoms with Crippen LogP contribution in [0.4, 0.5) is 0 Å². The average molecular weight is 349 g/mol. The van der Waals surface area contributed by atoms with Crippen molar-refractivity contribution in [2.45, 2.75) is 25.9 Å². The Morgan fingerprint density at radius 2 is 2.21 bits per heavy atom. The molecule has 1 atom stereocenters. The van der Waals surface area contributed by atoms with Crippen LogP contribution in [0.1, 0.15) is 19.0 Å². The van der Waals surface area contributed by atoms with Crippen molar-refractivity contribution in [2.24, 2.45) is 0 Å². The maximum absolute atomic E-state index is 12.4. The summed E-state index contributed by atoms with van der Waals surface area (Å²) >= 11 is 1.57. The van der Waals surface area contributed by atoms with Crippen molar-refractivity contribution in [1.29, 1.82) is 0 Å². The van der Waals surface area contributed by atoms with Gasteiger partial charge in [0.15, 0.2) is 0 Å². The molecule has 0 aromatic carbocycles. The molecule has 1 N–H and O–H groups in total. The molecular formula is C17H23N3O3S. The fourth-order valence-corrected chi connectivity index (χ4v) is 3.43. The molecule has 3 rings (SSSR count). The van der Waals surface area contributed by atoms with Crippen LogP contribution in [-0.2, 0) is 11.2 Å². The Bertz CT molecular complexity index is 648. The van der Waals surface area contributed by atoms with E-state index in [9.17, 15) is 9.90 Å². The second-order valence-corrected chi connectivity index (χ2v) is 6.99. The third-order valence-corrected chi connectivity index (χ3v) is 5.14. The van der Waals surface area contributed by atoms with Crippen LogP contribution >= 0.6 is 11.3 Å². The first-order valence-electron chi connectivity index (χ1n) is 8.32. The Morgan fingerprint density at radius 1 is 1.42 bits per heavy atom. The highest BCUT2D eigenvalue weighted by molar-refractivity contribution is 7.13. The number of carbonyl (C=O) groups is 1. The van der Waals surface area contributed by atoms with Crippen LogP contribution in [0, 0.1) is 0 Å². The minimum atomic E-state index is -0.280. The van der Waals surface area contributed by atoms with E-state index in [0.717, 1.165) is 24.4 Å². The van der Waals surface area contributed by atoms with Crippen molar-refractivity contribution in [1.82, 2.24) is 14.8 Å². The Morgan fingerprint density at radius 3 is 2.88 bits per heavy atom. The monoisotopic (exact) mass is 349 g/mol. The molecule has 6 nitrogen and oxygen atoms in total. The highest BCUT2D eigenvalue weighted by Crippen LogP contribution is 2.23. The first-order chi connectivity index (χ1) is 11.7.